The van der Waals surface area contributed by atoms with Gasteiger partial charge in [0.25, 0.3) is 0 Å². The van der Waals surface area contributed by atoms with E-state index in [1.807, 2.05) is 6.07 Å². The summed E-state index contributed by atoms with van der Waals surface area (Å²) in [6, 6.07) is 3.62. The van der Waals surface area contributed by atoms with Crippen LogP contribution in [0.1, 0.15) is 18.1 Å². The number of hydrogen-bond acceptors (Lipinski definition) is 3. The Kier molecular flexibility index (Phi) is 4.63. The van der Waals surface area contributed by atoms with Gasteiger partial charge in [-0.3, -0.25) is 4.79 Å². The van der Waals surface area contributed by atoms with Crippen molar-refractivity contribution in [3.05, 3.63) is 36.8 Å². The first kappa shape index (κ1) is 11.5. The van der Waals surface area contributed by atoms with Gasteiger partial charge in [0.2, 0.25) is 5.91 Å². The van der Waals surface area contributed by atoms with Crippen LogP contribution in [0.3, 0.4) is 0 Å². The van der Waals surface area contributed by atoms with Crippen LogP contribution in [0, 0.1) is 0 Å². The Morgan fingerprint density at radius 2 is 2.53 bits per heavy atom. The summed E-state index contributed by atoms with van der Waals surface area (Å²) in [6.45, 7) is 4.40. The lowest BCUT2D eigenvalue weighted by Gasteiger charge is -2.11. The number of carbonyl (C=O) groups is 1. The molecule has 1 atom stereocenters. The minimum absolute atomic E-state index is 0.0400. The second-order valence-corrected chi connectivity index (χ2v) is 3.24. The molecule has 1 rings (SSSR count). The zero-order chi connectivity index (χ0) is 11.1. The van der Waals surface area contributed by atoms with E-state index in [-0.39, 0.29) is 11.8 Å². The average Bonchev–Trinajstić information content (AvgIpc) is 2.76. The van der Waals surface area contributed by atoms with Crippen molar-refractivity contribution in [2.45, 2.75) is 12.3 Å². The standard InChI is InChI=1S/C11H16N2O2/c1-2-5-13-11(14)7-9(8-12)10-4-3-6-15-10/h2-4,6,9H,1,5,7-8,12H2,(H,13,14). The normalized spacial score (nSPS) is 12.1. The molecule has 1 aromatic rings. The number of carbonyl (C=O) groups excluding carboxylic acids is 1. The van der Waals surface area contributed by atoms with Crippen LogP contribution >= 0.6 is 0 Å². The van der Waals surface area contributed by atoms with E-state index in [0.29, 0.717) is 19.5 Å². The Morgan fingerprint density at radius 3 is 3.07 bits per heavy atom. The van der Waals surface area contributed by atoms with Crippen LogP contribution in [-0.4, -0.2) is 19.0 Å². The van der Waals surface area contributed by atoms with Crippen molar-refractivity contribution in [2.75, 3.05) is 13.1 Å². The topological polar surface area (TPSA) is 68.3 Å². The highest BCUT2D eigenvalue weighted by Crippen LogP contribution is 2.18. The molecular weight excluding hydrogens is 192 g/mol. The van der Waals surface area contributed by atoms with Crippen molar-refractivity contribution >= 4 is 5.91 Å². The molecule has 0 aliphatic heterocycles. The number of nitrogens with one attached hydrogen (secondary N) is 1. The molecule has 1 aromatic heterocycles. The van der Waals surface area contributed by atoms with E-state index in [0.717, 1.165) is 5.76 Å². The van der Waals surface area contributed by atoms with Crippen LogP contribution in [0.2, 0.25) is 0 Å². The molecule has 0 aliphatic rings. The van der Waals surface area contributed by atoms with E-state index in [9.17, 15) is 4.79 Å². The summed E-state index contributed by atoms with van der Waals surface area (Å²) in [6.07, 6.45) is 3.57. The molecule has 0 fully saturated rings. The van der Waals surface area contributed by atoms with E-state index >= 15 is 0 Å². The monoisotopic (exact) mass is 208 g/mol. The molecule has 15 heavy (non-hydrogen) atoms. The third kappa shape index (κ3) is 3.59. The lowest BCUT2D eigenvalue weighted by atomic mass is 10.0. The maximum atomic E-state index is 11.4. The Labute approximate surface area is 89.1 Å². The molecule has 4 nitrogen and oxygen atoms in total. The first-order chi connectivity index (χ1) is 7.27. The van der Waals surface area contributed by atoms with Crippen molar-refractivity contribution in [3.8, 4) is 0 Å². The van der Waals surface area contributed by atoms with Gasteiger partial charge in [-0.2, -0.15) is 0 Å². The molecule has 4 heteroatoms. The summed E-state index contributed by atoms with van der Waals surface area (Å²) < 4.78 is 5.21. The molecule has 3 N–H and O–H groups in total. The average molecular weight is 208 g/mol. The van der Waals surface area contributed by atoms with Crippen LogP contribution in [0.4, 0.5) is 0 Å². The molecule has 0 aliphatic carbocycles. The van der Waals surface area contributed by atoms with Gasteiger partial charge >= 0.3 is 0 Å². The van der Waals surface area contributed by atoms with Gasteiger partial charge in [0.1, 0.15) is 5.76 Å². The maximum absolute atomic E-state index is 11.4. The third-order valence-electron chi connectivity index (χ3n) is 2.11. The first-order valence-corrected chi connectivity index (χ1v) is 4.89. The Balaban J connectivity index is 2.47. The molecule has 1 amide bonds. The quantitative estimate of drug-likeness (QED) is 0.686. The Bertz CT molecular complexity index is 306. The Morgan fingerprint density at radius 1 is 1.73 bits per heavy atom. The molecule has 0 saturated carbocycles. The molecule has 0 saturated heterocycles. The highest BCUT2D eigenvalue weighted by Gasteiger charge is 2.16. The van der Waals surface area contributed by atoms with E-state index < -0.39 is 0 Å². The van der Waals surface area contributed by atoms with Gasteiger partial charge in [-0.1, -0.05) is 6.08 Å². The van der Waals surface area contributed by atoms with Gasteiger partial charge in [-0.25, -0.2) is 0 Å². The van der Waals surface area contributed by atoms with Crippen LogP contribution in [-0.2, 0) is 4.79 Å². The molecule has 0 aromatic carbocycles. The van der Waals surface area contributed by atoms with Crippen molar-refractivity contribution < 1.29 is 9.21 Å². The highest BCUT2D eigenvalue weighted by atomic mass is 16.3. The smallest absolute Gasteiger partial charge is 0.221 e. The van der Waals surface area contributed by atoms with Gasteiger partial charge < -0.3 is 15.5 Å². The maximum Gasteiger partial charge on any atom is 0.221 e. The number of nitrogens with two attached hydrogens (primary N) is 1. The third-order valence-corrected chi connectivity index (χ3v) is 2.11. The van der Waals surface area contributed by atoms with Crippen molar-refractivity contribution in [3.63, 3.8) is 0 Å². The van der Waals surface area contributed by atoms with E-state index in [1.54, 1.807) is 18.4 Å². The SMILES string of the molecule is C=CCNC(=O)CC(CN)c1ccco1. The zero-order valence-corrected chi connectivity index (χ0v) is 8.61. The van der Waals surface area contributed by atoms with Gasteiger partial charge in [0.05, 0.1) is 6.26 Å². The van der Waals surface area contributed by atoms with Crippen LogP contribution < -0.4 is 11.1 Å². The van der Waals surface area contributed by atoms with Crippen LogP contribution in [0.15, 0.2) is 35.5 Å². The predicted octanol–water partition coefficient (Wildman–Crippen LogP) is 1.01. The molecule has 0 radical (unpaired) electrons. The first-order valence-electron chi connectivity index (χ1n) is 4.89. The molecule has 1 unspecified atom stereocenters. The molecule has 0 spiro atoms. The predicted molar refractivity (Wildman–Crippen MR) is 58.3 cm³/mol. The van der Waals surface area contributed by atoms with Gasteiger partial charge in [0.15, 0.2) is 0 Å². The lowest BCUT2D eigenvalue weighted by molar-refractivity contribution is -0.121. The largest absolute Gasteiger partial charge is 0.469 e. The number of hydrogen-bond donors (Lipinski definition) is 2. The van der Waals surface area contributed by atoms with Crippen molar-refractivity contribution in [2.24, 2.45) is 5.73 Å². The number of furan rings is 1. The van der Waals surface area contributed by atoms with E-state index in [2.05, 4.69) is 11.9 Å². The lowest BCUT2D eigenvalue weighted by Crippen LogP contribution is -2.27. The second kappa shape index (κ2) is 6.03. The fraction of sp³-hybridized carbons (Fsp3) is 0.364. The van der Waals surface area contributed by atoms with Crippen LogP contribution in [0.5, 0.6) is 0 Å². The highest BCUT2D eigenvalue weighted by molar-refractivity contribution is 5.76. The van der Waals surface area contributed by atoms with E-state index in [1.165, 1.54) is 0 Å². The summed E-state index contributed by atoms with van der Waals surface area (Å²) in [5.74, 6) is 0.665. The van der Waals surface area contributed by atoms with Crippen molar-refractivity contribution in [1.29, 1.82) is 0 Å². The van der Waals surface area contributed by atoms with Crippen LogP contribution in [0.25, 0.3) is 0 Å². The van der Waals surface area contributed by atoms with Gasteiger partial charge in [-0.05, 0) is 12.1 Å². The van der Waals surface area contributed by atoms with Crippen molar-refractivity contribution in [1.82, 2.24) is 5.32 Å². The molecule has 0 bridgehead atoms. The fourth-order valence-corrected chi connectivity index (χ4v) is 1.31. The Hall–Kier alpha value is -1.55. The number of rotatable bonds is 6. The summed E-state index contributed by atoms with van der Waals surface area (Å²) in [7, 11) is 0. The molecule has 1 heterocycles. The van der Waals surface area contributed by atoms with Gasteiger partial charge in [-0.15, -0.1) is 6.58 Å². The molecular formula is C11H16N2O2. The zero-order valence-electron chi connectivity index (χ0n) is 8.61. The van der Waals surface area contributed by atoms with E-state index in [4.69, 9.17) is 10.2 Å². The fourth-order valence-electron chi connectivity index (χ4n) is 1.31. The summed E-state index contributed by atoms with van der Waals surface area (Å²) in [4.78, 5) is 11.4. The number of amides is 1. The minimum atomic E-state index is -0.0511. The summed E-state index contributed by atoms with van der Waals surface area (Å²) in [5.41, 5.74) is 5.58. The minimum Gasteiger partial charge on any atom is -0.469 e. The summed E-state index contributed by atoms with van der Waals surface area (Å²) >= 11 is 0. The second-order valence-electron chi connectivity index (χ2n) is 3.24. The summed E-state index contributed by atoms with van der Waals surface area (Å²) in [5, 5.41) is 2.70. The molecule has 82 valence electrons. The van der Waals surface area contributed by atoms with Gasteiger partial charge in [0, 0.05) is 25.4 Å².